The van der Waals surface area contributed by atoms with E-state index >= 15 is 0 Å². The Bertz CT molecular complexity index is 802. The molecule has 21 heavy (non-hydrogen) atoms. The van der Waals surface area contributed by atoms with Crippen LogP contribution in [0, 0.1) is 12.7 Å². The molecule has 0 unspecified atom stereocenters. The van der Waals surface area contributed by atoms with Gasteiger partial charge < -0.3 is 5.32 Å². The summed E-state index contributed by atoms with van der Waals surface area (Å²) in [5.74, 6) is -0.397. The van der Waals surface area contributed by atoms with E-state index in [4.69, 9.17) is 0 Å². The van der Waals surface area contributed by atoms with Crippen molar-refractivity contribution in [2.45, 2.75) is 13.5 Å². The SMILES string of the molecule is Cc1cc(C(=O)NCc2nn[nH]n2)c2cc(F)ccc2n1. The summed E-state index contributed by atoms with van der Waals surface area (Å²) in [4.78, 5) is 16.6. The molecule has 7 nitrogen and oxygen atoms in total. The van der Waals surface area contributed by atoms with Crippen molar-refractivity contribution in [3.63, 3.8) is 0 Å². The minimum atomic E-state index is -0.416. The van der Waals surface area contributed by atoms with E-state index in [2.05, 4.69) is 30.9 Å². The van der Waals surface area contributed by atoms with E-state index in [1.54, 1.807) is 19.1 Å². The summed E-state index contributed by atoms with van der Waals surface area (Å²) in [5.41, 5.74) is 1.61. The molecule has 2 aromatic heterocycles. The molecule has 1 amide bonds. The zero-order chi connectivity index (χ0) is 14.8. The number of hydrogen-bond donors (Lipinski definition) is 2. The van der Waals surface area contributed by atoms with Gasteiger partial charge in [0, 0.05) is 11.1 Å². The van der Waals surface area contributed by atoms with Crippen molar-refractivity contribution in [1.29, 1.82) is 0 Å². The van der Waals surface area contributed by atoms with Gasteiger partial charge in [-0.3, -0.25) is 9.78 Å². The Morgan fingerprint density at radius 2 is 2.24 bits per heavy atom. The first kappa shape index (κ1) is 13.1. The monoisotopic (exact) mass is 286 g/mol. The lowest BCUT2D eigenvalue weighted by atomic mass is 10.1. The van der Waals surface area contributed by atoms with Gasteiger partial charge in [-0.2, -0.15) is 5.21 Å². The minimum Gasteiger partial charge on any atom is -0.345 e. The fourth-order valence-electron chi connectivity index (χ4n) is 2.03. The smallest absolute Gasteiger partial charge is 0.252 e. The molecule has 106 valence electrons. The maximum atomic E-state index is 13.4. The zero-order valence-electron chi connectivity index (χ0n) is 11.1. The van der Waals surface area contributed by atoms with Gasteiger partial charge in [-0.05, 0) is 31.2 Å². The van der Waals surface area contributed by atoms with Crippen molar-refractivity contribution in [2.24, 2.45) is 0 Å². The molecule has 0 aliphatic carbocycles. The first-order chi connectivity index (χ1) is 10.1. The molecule has 0 saturated heterocycles. The molecule has 0 saturated carbocycles. The Balaban J connectivity index is 1.94. The fraction of sp³-hybridized carbons (Fsp3) is 0.154. The van der Waals surface area contributed by atoms with Crippen molar-refractivity contribution in [3.05, 3.63) is 47.2 Å². The summed E-state index contributed by atoms with van der Waals surface area (Å²) < 4.78 is 13.4. The number of H-pyrrole nitrogens is 1. The molecule has 0 fully saturated rings. The number of rotatable bonds is 3. The Morgan fingerprint density at radius 1 is 1.38 bits per heavy atom. The molecule has 3 aromatic rings. The van der Waals surface area contributed by atoms with E-state index in [0.717, 1.165) is 0 Å². The molecule has 8 heteroatoms. The Kier molecular flexibility index (Phi) is 3.27. The number of pyridine rings is 1. The highest BCUT2D eigenvalue weighted by Crippen LogP contribution is 2.19. The maximum Gasteiger partial charge on any atom is 0.252 e. The average molecular weight is 286 g/mol. The summed E-state index contributed by atoms with van der Waals surface area (Å²) in [7, 11) is 0. The quantitative estimate of drug-likeness (QED) is 0.752. The van der Waals surface area contributed by atoms with E-state index in [0.29, 0.717) is 28.0 Å². The van der Waals surface area contributed by atoms with E-state index in [9.17, 15) is 9.18 Å². The van der Waals surface area contributed by atoms with Crippen molar-refractivity contribution in [3.8, 4) is 0 Å². The number of tetrazole rings is 1. The van der Waals surface area contributed by atoms with Crippen LogP contribution in [0.15, 0.2) is 24.3 Å². The molecule has 3 rings (SSSR count). The van der Waals surface area contributed by atoms with Crippen LogP contribution in [0.4, 0.5) is 4.39 Å². The van der Waals surface area contributed by atoms with E-state index in [1.165, 1.54) is 12.1 Å². The fourth-order valence-corrected chi connectivity index (χ4v) is 2.03. The number of fused-ring (bicyclic) bond motifs is 1. The molecular formula is C13H11FN6O. The number of aromatic amines is 1. The lowest BCUT2D eigenvalue weighted by Crippen LogP contribution is -2.24. The number of hydrogen-bond acceptors (Lipinski definition) is 5. The van der Waals surface area contributed by atoms with Gasteiger partial charge in [-0.15, -0.1) is 10.2 Å². The van der Waals surface area contributed by atoms with Gasteiger partial charge >= 0.3 is 0 Å². The second kappa shape index (κ2) is 5.23. The molecule has 0 aliphatic heterocycles. The molecule has 2 heterocycles. The van der Waals surface area contributed by atoms with Gasteiger partial charge in [0.05, 0.1) is 17.6 Å². The lowest BCUT2D eigenvalue weighted by molar-refractivity contribution is 0.0951. The number of nitrogens with zero attached hydrogens (tertiary/aromatic N) is 4. The summed E-state index contributed by atoms with van der Waals surface area (Å²) in [5, 5.41) is 16.3. The van der Waals surface area contributed by atoms with Gasteiger partial charge in [0.15, 0.2) is 5.82 Å². The van der Waals surface area contributed by atoms with Gasteiger partial charge in [-0.1, -0.05) is 5.21 Å². The van der Waals surface area contributed by atoms with Crippen LogP contribution in [0.5, 0.6) is 0 Å². The van der Waals surface area contributed by atoms with Crippen LogP contribution < -0.4 is 5.32 Å². The second-order valence-electron chi connectivity index (χ2n) is 4.48. The van der Waals surface area contributed by atoms with Crippen LogP contribution in [0.3, 0.4) is 0 Å². The van der Waals surface area contributed by atoms with E-state index in [-0.39, 0.29) is 12.5 Å². The topological polar surface area (TPSA) is 96.5 Å². The first-order valence-electron chi connectivity index (χ1n) is 6.21. The third-order valence-electron chi connectivity index (χ3n) is 2.94. The number of benzene rings is 1. The molecular weight excluding hydrogens is 275 g/mol. The van der Waals surface area contributed by atoms with Crippen molar-refractivity contribution < 1.29 is 9.18 Å². The van der Waals surface area contributed by atoms with Gasteiger partial charge in [0.25, 0.3) is 5.91 Å². The Labute approximate surface area is 118 Å². The molecule has 2 N–H and O–H groups in total. The van der Waals surface area contributed by atoms with Gasteiger partial charge in [0.2, 0.25) is 0 Å². The van der Waals surface area contributed by atoms with Crippen LogP contribution in [0.1, 0.15) is 21.9 Å². The van der Waals surface area contributed by atoms with Crippen molar-refractivity contribution in [2.75, 3.05) is 0 Å². The summed E-state index contributed by atoms with van der Waals surface area (Å²) in [6.07, 6.45) is 0. The molecule has 0 atom stereocenters. The van der Waals surface area contributed by atoms with Crippen molar-refractivity contribution >= 4 is 16.8 Å². The van der Waals surface area contributed by atoms with Crippen LogP contribution in [-0.2, 0) is 6.54 Å². The van der Waals surface area contributed by atoms with Crippen LogP contribution in [-0.4, -0.2) is 31.5 Å². The van der Waals surface area contributed by atoms with Crippen LogP contribution in [0.25, 0.3) is 10.9 Å². The standard InChI is InChI=1S/C13H11FN6O/c1-7-4-10(9-5-8(14)2-3-11(9)16-7)13(21)15-6-12-17-19-20-18-12/h2-5H,6H2,1H3,(H,15,21)(H,17,18,19,20). The number of aryl methyl sites for hydroxylation is 1. The van der Waals surface area contributed by atoms with Gasteiger partial charge in [0.1, 0.15) is 5.82 Å². The zero-order valence-corrected chi connectivity index (χ0v) is 11.1. The summed E-state index contributed by atoms with van der Waals surface area (Å²) in [6, 6.07) is 5.78. The maximum absolute atomic E-state index is 13.4. The van der Waals surface area contributed by atoms with Crippen LogP contribution >= 0.6 is 0 Å². The third-order valence-corrected chi connectivity index (χ3v) is 2.94. The van der Waals surface area contributed by atoms with Crippen molar-refractivity contribution in [1.82, 2.24) is 30.9 Å². The highest BCUT2D eigenvalue weighted by Gasteiger charge is 2.13. The molecule has 1 aromatic carbocycles. The largest absolute Gasteiger partial charge is 0.345 e. The predicted molar refractivity (Wildman–Crippen MR) is 71.8 cm³/mol. The molecule has 0 bridgehead atoms. The predicted octanol–water partition coefficient (Wildman–Crippen LogP) is 1.13. The Morgan fingerprint density at radius 3 is 3.00 bits per heavy atom. The van der Waals surface area contributed by atoms with E-state index < -0.39 is 5.82 Å². The number of halogens is 1. The summed E-state index contributed by atoms with van der Waals surface area (Å²) in [6.45, 7) is 1.91. The highest BCUT2D eigenvalue weighted by molar-refractivity contribution is 6.06. The number of carbonyl (C=O) groups excluding carboxylic acids is 1. The normalized spacial score (nSPS) is 10.8. The minimum absolute atomic E-state index is 0.132. The second-order valence-corrected chi connectivity index (χ2v) is 4.48. The molecule has 0 radical (unpaired) electrons. The highest BCUT2D eigenvalue weighted by atomic mass is 19.1. The summed E-state index contributed by atoms with van der Waals surface area (Å²) >= 11 is 0. The number of aromatic nitrogens is 5. The van der Waals surface area contributed by atoms with Crippen LogP contribution in [0.2, 0.25) is 0 Å². The number of amides is 1. The molecule has 0 spiro atoms. The number of carbonyl (C=O) groups is 1. The van der Waals surface area contributed by atoms with Gasteiger partial charge in [-0.25, -0.2) is 4.39 Å². The third kappa shape index (κ3) is 2.69. The lowest BCUT2D eigenvalue weighted by Gasteiger charge is -2.08. The Hall–Kier alpha value is -2.90. The molecule has 0 aliphatic rings. The van der Waals surface area contributed by atoms with E-state index in [1.807, 2.05) is 0 Å². The first-order valence-corrected chi connectivity index (χ1v) is 6.21. The number of nitrogens with one attached hydrogen (secondary N) is 2. The average Bonchev–Trinajstić information content (AvgIpc) is 2.97.